The monoisotopic (exact) mass is 327 g/mol. The zero-order valence-corrected chi connectivity index (χ0v) is 13.6. The van der Waals surface area contributed by atoms with E-state index in [1.165, 1.54) is 23.3 Å². The van der Waals surface area contributed by atoms with Crippen LogP contribution in [0.2, 0.25) is 0 Å². The number of aliphatic hydroxyl groups excluding tert-OH is 1. The van der Waals surface area contributed by atoms with Gasteiger partial charge in [-0.2, -0.15) is 0 Å². The van der Waals surface area contributed by atoms with Gasteiger partial charge in [-0.25, -0.2) is 4.79 Å². The van der Waals surface area contributed by atoms with Crippen molar-refractivity contribution < 1.29 is 19.7 Å². The maximum atomic E-state index is 10.9. The molecule has 5 heteroatoms. The molecule has 5 nitrogen and oxygen atoms in total. The molecule has 1 heterocycles. The number of likely N-dealkylation sites (tertiary alicyclic amines) is 1. The van der Waals surface area contributed by atoms with Crippen LogP contribution < -0.4 is 4.74 Å². The van der Waals surface area contributed by atoms with E-state index in [4.69, 9.17) is 9.84 Å². The van der Waals surface area contributed by atoms with E-state index in [1.807, 2.05) is 6.07 Å². The van der Waals surface area contributed by atoms with Crippen LogP contribution >= 0.6 is 0 Å². The number of hydrogen-bond acceptors (Lipinski definition) is 4. The van der Waals surface area contributed by atoms with E-state index >= 15 is 0 Å². The summed E-state index contributed by atoms with van der Waals surface area (Å²) >= 11 is 0. The molecule has 126 valence electrons. The first kappa shape index (κ1) is 16.5. The largest absolute Gasteiger partial charge is 0.486 e. The molecule has 1 aliphatic heterocycles. The minimum Gasteiger partial charge on any atom is -0.486 e. The lowest BCUT2D eigenvalue weighted by Gasteiger charge is -2.17. The number of β-amino-alcohol motifs (C(OH)–C–C–N with tert-alkyl or cyclic N) is 1. The SMILES string of the molecule is Cc1cccc(CN2C[C@@H](O)[C@H](Oc3ccc(C(=O)O)cc3)C2)c1. The highest BCUT2D eigenvalue weighted by Crippen LogP contribution is 2.21. The number of hydrogen-bond donors (Lipinski definition) is 2. The molecule has 2 aromatic rings. The average molecular weight is 327 g/mol. The molecule has 1 fully saturated rings. The number of aromatic carboxylic acids is 1. The fraction of sp³-hybridized carbons (Fsp3) is 0.316. The Labute approximate surface area is 141 Å². The van der Waals surface area contributed by atoms with Crippen LogP contribution in [-0.4, -0.2) is 46.4 Å². The number of carboxylic acids is 1. The molecule has 0 radical (unpaired) electrons. The summed E-state index contributed by atoms with van der Waals surface area (Å²) in [6.07, 6.45) is -0.876. The van der Waals surface area contributed by atoms with Crippen LogP contribution in [0.25, 0.3) is 0 Å². The van der Waals surface area contributed by atoms with Crippen LogP contribution in [0.4, 0.5) is 0 Å². The van der Waals surface area contributed by atoms with Crippen LogP contribution in [0.3, 0.4) is 0 Å². The molecular weight excluding hydrogens is 306 g/mol. The lowest BCUT2D eigenvalue weighted by atomic mass is 10.1. The smallest absolute Gasteiger partial charge is 0.335 e. The van der Waals surface area contributed by atoms with Gasteiger partial charge < -0.3 is 14.9 Å². The maximum Gasteiger partial charge on any atom is 0.335 e. The minimum absolute atomic E-state index is 0.218. The topological polar surface area (TPSA) is 70.0 Å². The third kappa shape index (κ3) is 3.93. The van der Waals surface area contributed by atoms with Crippen molar-refractivity contribution in [1.82, 2.24) is 4.90 Å². The van der Waals surface area contributed by atoms with Gasteiger partial charge in [0.15, 0.2) is 0 Å². The fourth-order valence-corrected chi connectivity index (χ4v) is 3.00. The Bertz CT molecular complexity index is 714. The molecule has 0 amide bonds. The molecule has 0 bridgehead atoms. The van der Waals surface area contributed by atoms with Crippen molar-refractivity contribution >= 4 is 5.97 Å². The number of nitrogens with zero attached hydrogens (tertiary/aromatic N) is 1. The van der Waals surface area contributed by atoms with Crippen molar-refractivity contribution in [2.24, 2.45) is 0 Å². The minimum atomic E-state index is -0.966. The maximum absolute atomic E-state index is 10.9. The first-order chi connectivity index (χ1) is 11.5. The number of ether oxygens (including phenoxy) is 1. The molecule has 0 aromatic heterocycles. The molecule has 1 saturated heterocycles. The quantitative estimate of drug-likeness (QED) is 0.882. The van der Waals surface area contributed by atoms with Crippen LogP contribution in [-0.2, 0) is 6.54 Å². The van der Waals surface area contributed by atoms with Crippen LogP contribution in [0.15, 0.2) is 48.5 Å². The third-order valence-electron chi connectivity index (χ3n) is 4.19. The van der Waals surface area contributed by atoms with Gasteiger partial charge in [0.1, 0.15) is 18.0 Å². The Morgan fingerprint density at radius 2 is 1.96 bits per heavy atom. The molecule has 0 saturated carbocycles. The Hall–Kier alpha value is -2.37. The van der Waals surface area contributed by atoms with Gasteiger partial charge in [-0.1, -0.05) is 29.8 Å². The summed E-state index contributed by atoms with van der Waals surface area (Å²) in [4.78, 5) is 13.0. The van der Waals surface area contributed by atoms with Crippen molar-refractivity contribution in [1.29, 1.82) is 0 Å². The Kier molecular flexibility index (Phi) is 4.83. The molecule has 2 aromatic carbocycles. The van der Waals surface area contributed by atoms with E-state index in [9.17, 15) is 9.90 Å². The third-order valence-corrected chi connectivity index (χ3v) is 4.19. The summed E-state index contributed by atoms with van der Waals surface area (Å²) < 4.78 is 5.83. The van der Waals surface area contributed by atoms with Gasteiger partial charge in [-0.05, 0) is 36.8 Å². The zero-order chi connectivity index (χ0) is 17.1. The summed E-state index contributed by atoms with van der Waals surface area (Å²) in [6.45, 7) is 4.03. The standard InChI is InChI=1S/C19H21NO4/c1-13-3-2-4-14(9-13)10-20-11-17(21)18(12-20)24-16-7-5-15(6-8-16)19(22)23/h2-9,17-18,21H,10-12H2,1H3,(H,22,23)/t17-,18-/m1/s1. The summed E-state index contributed by atoms with van der Waals surface area (Å²) in [5.74, 6) is -0.395. The Morgan fingerprint density at radius 3 is 2.62 bits per heavy atom. The highest BCUT2D eigenvalue weighted by molar-refractivity contribution is 5.87. The predicted octanol–water partition coefficient (Wildman–Crippen LogP) is 2.32. The van der Waals surface area contributed by atoms with Crippen molar-refractivity contribution in [3.05, 3.63) is 65.2 Å². The van der Waals surface area contributed by atoms with Crippen LogP contribution in [0.1, 0.15) is 21.5 Å². The molecule has 0 spiro atoms. The molecule has 0 unspecified atom stereocenters. The van der Waals surface area contributed by atoms with E-state index in [2.05, 4.69) is 30.0 Å². The zero-order valence-electron chi connectivity index (χ0n) is 13.6. The second-order valence-electron chi connectivity index (χ2n) is 6.24. The van der Waals surface area contributed by atoms with E-state index in [1.54, 1.807) is 12.1 Å². The van der Waals surface area contributed by atoms with Gasteiger partial charge >= 0.3 is 5.97 Å². The summed E-state index contributed by atoms with van der Waals surface area (Å²) in [7, 11) is 0. The molecule has 24 heavy (non-hydrogen) atoms. The highest BCUT2D eigenvalue weighted by atomic mass is 16.5. The number of aliphatic hydroxyl groups is 1. The second-order valence-corrected chi connectivity index (χ2v) is 6.24. The van der Waals surface area contributed by atoms with Crippen LogP contribution in [0, 0.1) is 6.92 Å². The first-order valence-corrected chi connectivity index (χ1v) is 7.97. The lowest BCUT2D eigenvalue weighted by molar-refractivity contribution is 0.0693. The predicted molar refractivity (Wildman–Crippen MR) is 90.3 cm³/mol. The van der Waals surface area contributed by atoms with Gasteiger partial charge in [-0.3, -0.25) is 4.90 Å². The van der Waals surface area contributed by atoms with Crippen molar-refractivity contribution in [3.8, 4) is 5.75 Å². The number of carbonyl (C=O) groups is 1. The van der Waals surface area contributed by atoms with E-state index < -0.39 is 12.1 Å². The summed E-state index contributed by atoms with van der Waals surface area (Å²) in [5.41, 5.74) is 2.66. The lowest BCUT2D eigenvalue weighted by Crippen LogP contribution is -2.29. The van der Waals surface area contributed by atoms with E-state index in [0.717, 1.165) is 6.54 Å². The van der Waals surface area contributed by atoms with Gasteiger partial charge in [0.25, 0.3) is 0 Å². The molecule has 1 aliphatic rings. The van der Waals surface area contributed by atoms with Gasteiger partial charge in [0.2, 0.25) is 0 Å². The summed E-state index contributed by atoms with van der Waals surface area (Å²) in [6, 6.07) is 14.6. The fourth-order valence-electron chi connectivity index (χ4n) is 3.00. The molecule has 2 N–H and O–H groups in total. The van der Waals surface area contributed by atoms with Gasteiger partial charge in [0, 0.05) is 19.6 Å². The number of benzene rings is 2. The van der Waals surface area contributed by atoms with E-state index in [0.29, 0.717) is 18.8 Å². The number of carboxylic acid groups (broad SMARTS) is 1. The highest BCUT2D eigenvalue weighted by Gasteiger charge is 2.32. The first-order valence-electron chi connectivity index (χ1n) is 7.97. The summed E-state index contributed by atoms with van der Waals surface area (Å²) in [5, 5.41) is 19.1. The normalized spacial score (nSPS) is 20.9. The average Bonchev–Trinajstić information content (AvgIpc) is 2.87. The van der Waals surface area contributed by atoms with Crippen molar-refractivity contribution in [2.75, 3.05) is 13.1 Å². The molecule has 2 atom stereocenters. The molecule has 0 aliphatic carbocycles. The molecule has 3 rings (SSSR count). The van der Waals surface area contributed by atoms with Gasteiger partial charge in [0.05, 0.1) is 5.56 Å². The Morgan fingerprint density at radius 1 is 1.21 bits per heavy atom. The number of aryl methyl sites for hydroxylation is 1. The Balaban J connectivity index is 1.60. The van der Waals surface area contributed by atoms with Crippen molar-refractivity contribution in [2.45, 2.75) is 25.7 Å². The van der Waals surface area contributed by atoms with Crippen molar-refractivity contribution in [3.63, 3.8) is 0 Å². The van der Waals surface area contributed by atoms with Crippen LogP contribution in [0.5, 0.6) is 5.75 Å². The van der Waals surface area contributed by atoms with E-state index in [-0.39, 0.29) is 11.7 Å². The second kappa shape index (κ2) is 7.03. The molecular formula is C19H21NO4. The van der Waals surface area contributed by atoms with Gasteiger partial charge in [-0.15, -0.1) is 0 Å². The number of rotatable bonds is 5.